The fourth-order valence-corrected chi connectivity index (χ4v) is 5.81. The molecule has 0 spiro atoms. The summed E-state index contributed by atoms with van der Waals surface area (Å²) in [4.78, 5) is 34.4. The van der Waals surface area contributed by atoms with Gasteiger partial charge in [-0.3, -0.25) is 14.5 Å². The summed E-state index contributed by atoms with van der Waals surface area (Å²) in [6.07, 6.45) is 4.92. The summed E-state index contributed by atoms with van der Waals surface area (Å²) in [5.74, 6) is 0.606. The summed E-state index contributed by atoms with van der Waals surface area (Å²) in [7, 11) is 0. The van der Waals surface area contributed by atoms with Crippen molar-refractivity contribution in [2.75, 3.05) is 39.3 Å². The second kappa shape index (κ2) is 7.92. The van der Waals surface area contributed by atoms with Crippen LogP contribution < -0.4 is 0 Å². The first-order chi connectivity index (χ1) is 13.0. The van der Waals surface area contributed by atoms with Crippen LogP contribution in [0.25, 0.3) is 0 Å². The van der Waals surface area contributed by atoms with Gasteiger partial charge in [0.2, 0.25) is 5.91 Å². The Labute approximate surface area is 166 Å². The molecule has 1 aromatic heterocycles. The minimum atomic E-state index is 0.0902. The molecule has 0 aromatic carbocycles. The van der Waals surface area contributed by atoms with E-state index in [1.807, 2.05) is 4.90 Å². The molecule has 2 amide bonds. The van der Waals surface area contributed by atoms with Gasteiger partial charge in [-0.25, -0.2) is 0 Å². The number of hydrogen-bond donors (Lipinski definition) is 0. The average molecular weight is 390 g/mol. The predicted octanol–water partition coefficient (Wildman–Crippen LogP) is 2.64. The van der Waals surface area contributed by atoms with Crippen LogP contribution in [0.3, 0.4) is 0 Å². The molecule has 148 valence electrons. The fraction of sp³-hybridized carbons (Fsp3) is 0.714. The van der Waals surface area contributed by atoms with Gasteiger partial charge in [-0.1, -0.05) is 0 Å². The summed E-state index contributed by atoms with van der Waals surface area (Å²) in [6.45, 7) is 9.89. The highest BCUT2D eigenvalue weighted by molar-refractivity contribution is 7.14. The molecule has 6 heteroatoms. The number of thiophene rings is 1. The van der Waals surface area contributed by atoms with Gasteiger partial charge in [0.15, 0.2) is 0 Å². The molecule has 0 bridgehead atoms. The Kier molecular flexibility index (Phi) is 5.55. The standard InChI is InChI=1S/C21H31N3O2S/c1-15(2)22-9-11-24(12-10-22)20(25)16-5-6-18-17(13-16)14-19(27-18)21(26)23-7-3-4-8-23/h14-16H,3-13H2,1-2H3/t16-/m0/s1. The van der Waals surface area contributed by atoms with E-state index in [1.165, 1.54) is 10.4 Å². The SMILES string of the molecule is CC(C)N1CCN(C(=O)[C@H]2CCc3sc(C(=O)N4CCCC4)cc3C2)CC1. The van der Waals surface area contributed by atoms with E-state index in [-0.39, 0.29) is 11.8 Å². The van der Waals surface area contributed by atoms with E-state index in [1.54, 1.807) is 11.3 Å². The number of nitrogens with zero attached hydrogens (tertiary/aromatic N) is 3. The smallest absolute Gasteiger partial charge is 0.263 e. The zero-order valence-corrected chi connectivity index (χ0v) is 17.4. The summed E-state index contributed by atoms with van der Waals surface area (Å²) in [5.41, 5.74) is 1.24. The third-order valence-electron chi connectivity index (χ3n) is 6.39. The van der Waals surface area contributed by atoms with Crippen molar-refractivity contribution in [3.05, 3.63) is 21.4 Å². The third kappa shape index (κ3) is 3.92. The number of piperazine rings is 1. The molecule has 2 saturated heterocycles. The van der Waals surface area contributed by atoms with Crippen LogP contribution in [0.1, 0.15) is 53.2 Å². The third-order valence-corrected chi connectivity index (χ3v) is 7.62. The van der Waals surface area contributed by atoms with E-state index < -0.39 is 0 Å². The van der Waals surface area contributed by atoms with Crippen molar-refractivity contribution < 1.29 is 9.59 Å². The molecule has 3 heterocycles. The van der Waals surface area contributed by atoms with Crippen molar-refractivity contribution in [2.45, 2.75) is 52.0 Å². The minimum Gasteiger partial charge on any atom is -0.340 e. The van der Waals surface area contributed by atoms with Gasteiger partial charge in [0, 0.05) is 56.1 Å². The quantitative estimate of drug-likeness (QED) is 0.798. The highest BCUT2D eigenvalue weighted by Crippen LogP contribution is 2.34. The number of hydrogen-bond acceptors (Lipinski definition) is 4. The van der Waals surface area contributed by atoms with E-state index in [0.717, 1.165) is 76.2 Å². The van der Waals surface area contributed by atoms with Crippen molar-refractivity contribution >= 4 is 23.2 Å². The Morgan fingerprint density at radius 2 is 1.74 bits per heavy atom. The zero-order valence-electron chi connectivity index (χ0n) is 16.6. The largest absolute Gasteiger partial charge is 0.340 e. The maximum atomic E-state index is 13.0. The molecule has 27 heavy (non-hydrogen) atoms. The zero-order chi connectivity index (χ0) is 19.0. The summed E-state index contributed by atoms with van der Waals surface area (Å²) >= 11 is 1.66. The predicted molar refractivity (Wildman–Crippen MR) is 108 cm³/mol. The molecular formula is C21H31N3O2S. The maximum absolute atomic E-state index is 13.0. The lowest BCUT2D eigenvalue weighted by atomic mass is 9.87. The lowest BCUT2D eigenvalue weighted by Gasteiger charge is -2.38. The number of likely N-dealkylation sites (tertiary alicyclic amines) is 1. The van der Waals surface area contributed by atoms with Gasteiger partial charge in [-0.05, 0) is 57.6 Å². The topological polar surface area (TPSA) is 43.9 Å². The molecule has 4 rings (SSSR count). The molecule has 0 unspecified atom stereocenters. The van der Waals surface area contributed by atoms with Crippen molar-refractivity contribution in [2.24, 2.45) is 5.92 Å². The van der Waals surface area contributed by atoms with E-state index in [2.05, 4.69) is 29.7 Å². The number of aryl methyl sites for hydroxylation is 1. The van der Waals surface area contributed by atoms with Crippen LogP contribution in [0.2, 0.25) is 0 Å². The van der Waals surface area contributed by atoms with Crippen molar-refractivity contribution in [1.29, 1.82) is 0 Å². The molecule has 3 aliphatic rings. The first-order valence-corrected chi connectivity index (χ1v) is 11.3. The Morgan fingerprint density at radius 3 is 2.41 bits per heavy atom. The van der Waals surface area contributed by atoms with Crippen LogP contribution in [0, 0.1) is 5.92 Å². The lowest BCUT2D eigenvalue weighted by Crippen LogP contribution is -2.52. The average Bonchev–Trinajstić information content (AvgIpc) is 3.36. The Hall–Kier alpha value is -1.40. The molecule has 2 aliphatic heterocycles. The summed E-state index contributed by atoms with van der Waals surface area (Å²) in [6, 6.07) is 2.63. The second-order valence-corrected chi connectivity index (χ2v) is 9.59. The number of fused-ring (bicyclic) bond motifs is 1. The van der Waals surface area contributed by atoms with E-state index in [9.17, 15) is 9.59 Å². The van der Waals surface area contributed by atoms with Crippen LogP contribution in [0.4, 0.5) is 0 Å². The van der Waals surface area contributed by atoms with Crippen LogP contribution in [-0.4, -0.2) is 71.8 Å². The van der Waals surface area contributed by atoms with Crippen molar-refractivity contribution in [1.82, 2.24) is 14.7 Å². The first-order valence-electron chi connectivity index (χ1n) is 10.5. The lowest BCUT2D eigenvalue weighted by molar-refractivity contribution is -0.137. The summed E-state index contributed by atoms with van der Waals surface area (Å²) in [5, 5.41) is 0. The van der Waals surface area contributed by atoms with E-state index in [4.69, 9.17) is 0 Å². The first kappa shape index (κ1) is 18.9. The Morgan fingerprint density at radius 1 is 1.04 bits per heavy atom. The Balaban J connectivity index is 1.38. The number of carbonyl (C=O) groups excluding carboxylic acids is 2. The number of rotatable bonds is 3. The minimum absolute atomic E-state index is 0.0902. The van der Waals surface area contributed by atoms with Crippen molar-refractivity contribution in [3.63, 3.8) is 0 Å². The Bertz CT molecular complexity index is 700. The van der Waals surface area contributed by atoms with Gasteiger partial charge in [0.05, 0.1) is 4.88 Å². The molecule has 0 radical (unpaired) electrons. The summed E-state index contributed by atoms with van der Waals surface area (Å²) < 4.78 is 0. The van der Waals surface area contributed by atoms with Crippen molar-refractivity contribution in [3.8, 4) is 0 Å². The van der Waals surface area contributed by atoms with E-state index in [0.29, 0.717) is 11.9 Å². The van der Waals surface area contributed by atoms with Gasteiger partial charge in [0.1, 0.15) is 0 Å². The molecule has 5 nitrogen and oxygen atoms in total. The van der Waals surface area contributed by atoms with Gasteiger partial charge in [0.25, 0.3) is 5.91 Å². The molecule has 1 atom stereocenters. The van der Waals surface area contributed by atoms with Crippen LogP contribution in [-0.2, 0) is 17.6 Å². The molecule has 2 fully saturated rings. The van der Waals surface area contributed by atoms with Crippen LogP contribution in [0.5, 0.6) is 0 Å². The molecule has 0 saturated carbocycles. The van der Waals surface area contributed by atoms with Gasteiger partial charge >= 0.3 is 0 Å². The number of carbonyl (C=O) groups is 2. The monoisotopic (exact) mass is 389 g/mol. The normalized spacial score (nSPS) is 23.7. The molecule has 0 N–H and O–H groups in total. The molecule has 1 aromatic rings. The highest BCUT2D eigenvalue weighted by atomic mass is 32.1. The van der Waals surface area contributed by atoms with Gasteiger partial charge in [-0.15, -0.1) is 11.3 Å². The molecule has 1 aliphatic carbocycles. The van der Waals surface area contributed by atoms with Crippen LogP contribution >= 0.6 is 11.3 Å². The van der Waals surface area contributed by atoms with E-state index >= 15 is 0 Å². The second-order valence-electron chi connectivity index (χ2n) is 8.45. The van der Waals surface area contributed by atoms with Crippen LogP contribution in [0.15, 0.2) is 6.07 Å². The molecular weight excluding hydrogens is 358 g/mol. The number of amides is 2. The highest BCUT2D eigenvalue weighted by Gasteiger charge is 2.32. The van der Waals surface area contributed by atoms with Gasteiger partial charge < -0.3 is 9.80 Å². The van der Waals surface area contributed by atoms with Gasteiger partial charge in [-0.2, -0.15) is 0 Å². The maximum Gasteiger partial charge on any atom is 0.263 e. The fourth-order valence-electron chi connectivity index (χ4n) is 4.63.